The molecule has 4 N–H and O–H groups in total. The summed E-state index contributed by atoms with van der Waals surface area (Å²) < 4.78 is 53.7. The molecule has 0 spiro atoms. The van der Waals surface area contributed by atoms with Crippen molar-refractivity contribution in [3.63, 3.8) is 0 Å². The van der Waals surface area contributed by atoms with Crippen LogP contribution in [0.4, 0.5) is 5.69 Å². The van der Waals surface area contributed by atoms with Crippen molar-refractivity contribution >= 4 is 25.6 Å². The second-order valence-electron chi connectivity index (χ2n) is 3.24. The van der Waals surface area contributed by atoms with Gasteiger partial charge in [-0.05, 0) is 12.1 Å². The predicted octanol–water partition coefficient (Wildman–Crippen LogP) is 0.0147. The third-order valence-corrected chi connectivity index (χ3v) is 4.68. The molecule has 0 bridgehead atoms. The molecule has 1 aromatic carbocycles. The van der Waals surface area contributed by atoms with Gasteiger partial charge in [0.2, 0.25) is 0 Å². The Morgan fingerprint density at radius 3 is 2.18 bits per heavy atom. The second-order valence-corrected chi connectivity index (χ2v) is 6.91. The zero-order valence-corrected chi connectivity index (χ0v) is 10.4. The molecule has 0 saturated carbocycles. The molecule has 17 heavy (non-hydrogen) atoms. The van der Waals surface area contributed by atoms with E-state index >= 15 is 0 Å². The van der Waals surface area contributed by atoms with E-state index in [0.717, 1.165) is 6.07 Å². The van der Waals surface area contributed by atoms with Crippen LogP contribution in [0.25, 0.3) is 0 Å². The quantitative estimate of drug-likeness (QED) is 0.403. The van der Waals surface area contributed by atoms with Crippen LogP contribution in [-0.2, 0) is 20.0 Å². The SMILES string of the molecule is CCS(=O)(=O)c1cc(N)c(O)c(S(=O)(=O)O)c1. The van der Waals surface area contributed by atoms with Gasteiger partial charge in [-0.2, -0.15) is 8.42 Å². The molecule has 0 unspecified atom stereocenters. The summed E-state index contributed by atoms with van der Waals surface area (Å²) in [6.45, 7) is 1.37. The second kappa shape index (κ2) is 4.17. The number of anilines is 1. The van der Waals surface area contributed by atoms with Crippen molar-refractivity contribution in [3.05, 3.63) is 12.1 Å². The number of phenols is 1. The molecule has 1 aromatic rings. The van der Waals surface area contributed by atoms with Gasteiger partial charge >= 0.3 is 0 Å². The molecule has 1 rings (SSSR count). The molecule has 0 radical (unpaired) electrons. The largest absolute Gasteiger partial charge is 0.504 e. The molecule has 0 aliphatic carbocycles. The first-order valence-corrected chi connectivity index (χ1v) is 7.51. The number of phenolic OH excluding ortho intramolecular Hbond substituents is 1. The van der Waals surface area contributed by atoms with Crippen LogP contribution in [0.1, 0.15) is 6.92 Å². The Kier molecular flexibility index (Phi) is 3.37. The molecule has 96 valence electrons. The summed E-state index contributed by atoms with van der Waals surface area (Å²) in [7, 11) is -8.43. The number of sulfone groups is 1. The Bertz CT molecular complexity index is 647. The summed E-state index contributed by atoms with van der Waals surface area (Å²) in [6, 6.07) is 1.60. The van der Waals surface area contributed by atoms with Crippen LogP contribution < -0.4 is 5.73 Å². The molecule has 0 saturated heterocycles. The van der Waals surface area contributed by atoms with Gasteiger partial charge in [-0.3, -0.25) is 4.55 Å². The van der Waals surface area contributed by atoms with Gasteiger partial charge < -0.3 is 10.8 Å². The Hall–Kier alpha value is -1.32. The van der Waals surface area contributed by atoms with Crippen LogP contribution in [0.3, 0.4) is 0 Å². The summed E-state index contributed by atoms with van der Waals surface area (Å²) in [5.74, 6) is -1.13. The first-order valence-electron chi connectivity index (χ1n) is 4.42. The number of aromatic hydroxyl groups is 1. The highest BCUT2D eigenvalue weighted by molar-refractivity contribution is 7.91. The summed E-state index contributed by atoms with van der Waals surface area (Å²) >= 11 is 0. The van der Waals surface area contributed by atoms with Crippen molar-refractivity contribution in [2.24, 2.45) is 0 Å². The zero-order valence-electron chi connectivity index (χ0n) is 8.78. The molecule has 0 aliphatic rings. The maximum atomic E-state index is 11.5. The summed E-state index contributed by atoms with van der Waals surface area (Å²) in [5, 5.41) is 9.34. The Labute approximate surface area is 98.5 Å². The monoisotopic (exact) mass is 281 g/mol. The van der Waals surface area contributed by atoms with Crippen LogP contribution in [0.15, 0.2) is 21.9 Å². The number of hydrogen-bond donors (Lipinski definition) is 3. The molecule has 0 amide bonds. The number of benzene rings is 1. The van der Waals surface area contributed by atoms with Gasteiger partial charge in [0, 0.05) is 0 Å². The van der Waals surface area contributed by atoms with Crippen LogP contribution in [0.2, 0.25) is 0 Å². The molecule has 0 atom stereocenters. The first-order chi connectivity index (χ1) is 7.59. The van der Waals surface area contributed by atoms with Gasteiger partial charge in [0.15, 0.2) is 15.6 Å². The van der Waals surface area contributed by atoms with E-state index in [4.69, 9.17) is 10.3 Å². The molecule has 0 heterocycles. The van der Waals surface area contributed by atoms with Gasteiger partial charge in [-0.25, -0.2) is 8.42 Å². The highest BCUT2D eigenvalue weighted by atomic mass is 32.2. The number of nitrogen functional groups attached to an aromatic ring is 1. The van der Waals surface area contributed by atoms with Crippen molar-refractivity contribution in [2.75, 3.05) is 11.5 Å². The van der Waals surface area contributed by atoms with Crippen molar-refractivity contribution in [2.45, 2.75) is 16.7 Å². The molecule has 0 fully saturated rings. The van der Waals surface area contributed by atoms with E-state index in [2.05, 4.69) is 0 Å². The molecule has 9 heteroatoms. The van der Waals surface area contributed by atoms with E-state index < -0.39 is 36.3 Å². The third-order valence-electron chi connectivity index (χ3n) is 2.10. The highest BCUT2D eigenvalue weighted by Crippen LogP contribution is 2.32. The van der Waals surface area contributed by atoms with Gasteiger partial charge in [0.25, 0.3) is 10.1 Å². The average molecular weight is 281 g/mol. The zero-order chi connectivity index (χ0) is 13.4. The van der Waals surface area contributed by atoms with Gasteiger partial charge in [0.1, 0.15) is 4.90 Å². The van der Waals surface area contributed by atoms with Gasteiger partial charge in [0.05, 0.1) is 16.3 Å². The predicted molar refractivity (Wildman–Crippen MR) is 60.1 cm³/mol. The minimum absolute atomic E-state index is 0.262. The summed E-state index contributed by atoms with van der Waals surface area (Å²) in [6.07, 6.45) is 0. The van der Waals surface area contributed by atoms with Crippen molar-refractivity contribution < 1.29 is 26.5 Å². The maximum Gasteiger partial charge on any atom is 0.298 e. The molecular formula is C8H11NO6S2. The van der Waals surface area contributed by atoms with Crippen molar-refractivity contribution in [1.29, 1.82) is 0 Å². The topological polar surface area (TPSA) is 135 Å². The average Bonchev–Trinajstić information content (AvgIpc) is 2.19. The lowest BCUT2D eigenvalue weighted by molar-refractivity contribution is 0.444. The number of nitrogens with two attached hydrogens (primary N) is 1. The standard InChI is InChI=1S/C8H11NO6S2/c1-2-16(11,12)5-3-6(9)8(10)7(4-5)17(13,14)15/h3-4,10H,2,9H2,1H3,(H,13,14,15). The minimum atomic E-state index is -4.74. The minimum Gasteiger partial charge on any atom is -0.504 e. The highest BCUT2D eigenvalue weighted by Gasteiger charge is 2.23. The van der Waals surface area contributed by atoms with E-state index in [9.17, 15) is 21.9 Å². The number of rotatable bonds is 3. The van der Waals surface area contributed by atoms with Gasteiger partial charge in [-0.15, -0.1) is 0 Å². The Balaban J connectivity index is 3.68. The maximum absolute atomic E-state index is 11.5. The molecular weight excluding hydrogens is 270 g/mol. The fourth-order valence-electron chi connectivity index (χ4n) is 1.15. The fraction of sp³-hybridized carbons (Fsp3) is 0.250. The lowest BCUT2D eigenvalue weighted by atomic mass is 10.3. The number of hydrogen-bond acceptors (Lipinski definition) is 6. The summed E-state index contributed by atoms with van der Waals surface area (Å²) in [5.41, 5.74) is 4.84. The molecule has 7 nitrogen and oxygen atoms in total. The normalized spacial score (nSPS) is 12.6. The first kappa shape index (κ1) is 13.7. The fourth-order valence-corrected chi connectivity index (χ4v) is 2.80. The van der Waals surface area contributed by atoms with E-state index in [0.29, 0.717) is 6.07 Å². The van der Waals surface area contributed by atoms with Crippen molar-refractivity contribution in [1.82, 2.24) is 0 Å². The Morgan fingerprint density at radius 2 is 1.76 bits per heavy atom. The molecule has 0 aromatic heterocycles. The molecule has 0 aliphatic heterocycles. The summed E-state index contributed by atoms with van der Waals surface area (Å²) in [4.78, 5) is -1.30. The van der Waals surface area contributed by atoms with E-state index in [1.54, 1.807) is 0 Å². The third kappa shape index (κ3) is 2.68. The lowest BCUT2D eigenvalue weighted by Crippen LogP contribution is -2.08. The van der Waals surface area contributed by atoms with Gasteiger partial charge in [-0.1, -0.05) is 6.92 Å². The van der Waals surface area contributed by atoms with Crippen molar-refractivity contribution in [3.8, 4) is 5.75 Å². The smallest absolute Gasteiger partial charge is 0.298 e. The van der Waals surface area contributed by atoms with Crippen LogP contribution in [-0.4, -0.2) is 32.2 Å². The van der Waals surface area contributed by atoms with E-state index in [1.807, 2.05) is 0 Å². The Morgan fingerprint density at radius 1 is 1.24 bits per heavy atom. The van der Waals surface area contributed by atoms with E-state index in [1.165, 1.54) is 6.92 Å². The lowest BCUT2D eigenvalue weighted by Gasteiger charge is -2.08. The van der Waals surface area contributed by atoms with Crippen LogP contribution in [0.5, 0.6) is 5.75 Å². The van der Waals surface area contributed by atoms with Crippen LogP contribution in [0, 0.1) is 0 Å². The van der Waals surface area contributed by atoms with Crippen LogP contribution >= 0.6 is 0 Å². The van der Waals surface area contributed by atoms with E-state index in [-0.39, 0.29) is 10.6 Å².